The summed E-state index contributed by atoms with van der Waals surface area (Å²) in [5, 5.41) is 15.2. The average molecular weight is 322 g/mol. The van der Waals surface area contributed by atoms with E-state index in [-0.39, 0.29) is 11.6 Å². The van der Waals surface area contributed by atoms with E-state index in [0.717, 1.165) is 43.6 Å². The fourth-order valence-electron chi connectivity index (χ4n) is 5.69. The minimum Gasteiger partial charge on any atom is -0.396 e. The highest BCUT2D eigenvalue weighted by Crippen LogP contribution is 2.55. The summed E-state index contributed by atoms with van der Waals surface area (Å²) in [4.78, 5) is 12.3. The number of urea groups is 1. The smallest absolute Gasteiger partial charge is 0.315 e. The van der Waals surface area contributed by atoms with Gasteiger partial charge in [0, 0.05) is 18.7 Å². The van der Waals surface area contributed by atoms with Crippen molar-refractivity contribution in [1.82, 2.24) is 10.6 Å². The molecule has 4 bridgehead atoms. The highest BCUT2D eigenvalue weighted by molar-refractivity contribution is 5.74. The number of amides is 2. The number of rotatable bonds is 9. The molecule has 3 N–H and O–H groups in total. The van der Waals surface area contributed by atoms with E-state index in [1.807, 2.05) is 0 Å². The standard InChI is InChI=1S/C19H34N2O2/c22-8-6-4-2-1-3-5-7-20-18(23)21-19-12-15-9-16(13-19)11-17(10-15)14-19/h15-17,22H,1-14H2,(H2,20,21,23). The van der Waals surface area contributed by atoms with E-state index in [1.165, 1.54) is 57.8 Å². The van der Waals surface area contributed by atoms with Crippen molar-refractivity contribution >= 4 is 6.03 Å². The zero-order valence-corrected chi connectivity index (χ0v) is 14.5. The van der Waals surface area contributed by atoms with Crippen LogP contribution in [0.1, 0.15) is 77.0 Å². The molecule has 0 unspecified atom stereocenters. The predicted molar refractivity (Wildman–Crippen MR) is 92.2 cm³/mol. The molecule has 4 aliphatic rings. The van der Waals surface area contributed by atoms with Gasteiger partial charge in [0.2, 0.25) is 0 Å². The van der Waals surface area contributed by atoms with Gasteiger partial charge < -0.3 is 15.7 Å². The van der Waals surface area contributed by atoms with E-state index in [0.29, 0.717) is 6.61 Å². The number of carbonyl (C=O) groups is 1. The molecule has 0 radical (unpaired) electrons. The Morgan fingerprint density at radius 3 is 1.96 bits per heavy atom. The van der Waals surface area contributed by atoms with Gasteiger partial charge in [-0.2, -0.15) is 0 Å². The van der Waals surface area contributed by atoms with E-state index in [2.05, 4.69) is 10.6 Å². The zero-order chi connectivity index (χ0) is 16.1. The van der Waals surface area contributed by atoms with Gasteiger partial charge in [-0.3, -0.25) is 0 Å². The third kappa shape index (κ3) is 4.62. The van der Waals surface area contributed by atoms with Crippen molar-refractivity contribution in [2.45, 2.75) is 82.6 Å². The van der Waals surface area contributed by atoms with Crippen molar-refractivity contribution in [3.05, 3.63) is 0 Å². The third-order valence-corrected chi connectivity index (χ3v) is 6.29. The van der Waals surface area contributed by atoms with Crippen LogP contribution >= 0.6 is 0 Å². The van der Waals surface area contributed by atoms with Crippen LogP contribution < -0.4 is 10.6 Å². The van der Waals surface area contributed by atoms with Crippen molar-refractivity contribution in [3.8, 4) is 0 Å². The Bertz CT molecular complexity index is 362. The molecule has 4 rings (SSSR count). The van der Waals surface area contributed by atoms with Gasteiger partial charge in [0.15, 0.2) is 0 Å². The lowest BCUT2D eigenvalue weighted by Crippen LogP contribution is -2.61. The van der Waals surface area contributed by atoms with Gasteiger partial charge in [-0.1, -0.05) is 25.7 Å². The highest BCUT2D eigenvalue weighted by atomic mass is 16.2. The van der Waals surface area contributed by atoms with Crippen molar-refractivity contribution in [2.75, 3.05) is 13.2 Å². The van der Waals surface area contributed by atoms with E-state index in [4.69, 9.17) is 5.11 Å². The Hall–Kier alpha value is -0.770. The van der Waals surface area contributed by atoms with Crippen molar-refractivity contribution < 1.29 is 9.90 Å². The molecule has 0 aliphatic heterocycles. The Balaban J connectivity index is 1.29. The fourth-order valence-corrected chi connectivity index (χ4v) is 5.69. The van der Waals surface area contributed by atoms with Crippen LogP contribution in [-0.2, 0) is 0 Å². The van der Waals surface area contributed by atoms with Crippen LogP contribution in [0.3, 0.4) is 0 Å². The van der Waals surface area contributed by atoms with Crippen LogP contribution in [0.15, 0.2) is 0 Å². The molecular weight excluding hydrogens is 288 g/mol. The Morgan fingerprint density at radius 2 is 1.39 bits per heavy atom. The molecule has 4 aliphatic carbocycles. The molecule has 4 nitrogen and oxygen atoms in total. The molecule has 4 fully saturated rings. The SMILES string of the molecule is O=C(NCCCCCCCCO)NC12CC3CC(CC(C3)C1)C2. The summed E-state index contributed by atoms with van der Waals surface area (Å²) in [5.41, 5.74) is 0.128. The third-order valence-electron chi connectivity index (χ3n) is 6.29. The molecule has 0 heterocycles. The lowest BCUT2D eigenvalue weighted by Gasteiger charge is -2.56. The van der Waals surface area contributed by atoms with Gasteiger partial charge in [0.25, 0.3) is 0 Å². The van der Waals surface area contributed by atoms with Gasteiger partial charge >= 0.3 is 6.03 Å². The van der Waals surface area contributed by atoms with Gasteiger partial charge in [-0.25, -0.2) is 4.79 Å². The number of hydrogen-bond acceptors (Lipinski definition) is 2. The molecule has 0 aromatic rings. The van der Waals surface area contributed by atoms with Crippen molar-refractivity contribution in [1.29, 1.82) is 0 Å². The van der Waals surface area contributed by atoms with Crippen molar-refractivity contribution in [2.24, 2.45) is 17.8 Å². The molecule has 0 aromatic carbocycles. The van der Waals surface area contributed by atoms with Gasteiger partial charge in [-0.15, -0.1) is 0 Å². The first-order chi connectivity index (χ1) is 11.2. The molecule has 23 heavy (non-hydrogen) atoms. The number of hydrogen-bond donors (Lipinski definition) is 3. The molecule has 4 heteroatoms. The summed E-state index contributed by atoms with van der Waals surface area (Å²) in [5.74, 6) is 2.63. The Kier molecular flexibility index (Phi) is 5.84. The summed E-state index contributed by atoms with van der Waals surface area (Å²) in [7, 11) is 0. The number of carbonyl (C=O) groups excluding carboxylic acids is 1. The quantitative estimate of drug-likeness (QED) is 0.568. The lowest BCUT2D eigenvalue weighted by atomic mass is 9.53. The second-order valence-corrected chi connectivity index (χ2v) is 8.42. The zero-order valence-electron chi connectivity index (χ0n) is 14.5. The fraction of sp³-hybridized carbons (Fsp3) is 0.947. The molecule has 0 aromatic heterocycles. The monoisotopic (exact) mass is 322 g/mol. The number of nitrogens with one attached hydrogen (secondary N) is 2. The average Bonchev–Trinajstić information content (AvgIpc) is 2.48. The summed E-state index contributed by atoms with van der Waals surface area (Å²) >= 11 is 0. The maximum absolute atomic E-state index is 12.3. The van der Waals surface area contributed by atoms with Crippen LogP contribution in [0, 0.1) is 17.8 Å². The Morgan fingerprint density at radius 1 is 0.870 bits per heavy atom. The van der Waals surface area contributed by atoms with Gasteiger partial charge in [0.05, 0.1) is 0 Å². The first-order valence-corrected chi connectivity index (χ1v) is 9.86. The Labute approximate surface area is 140 Å². The topological polar surface area (TPSA) is 61.4 Å². The maximum atomic E-state index is 12.3. The summed E-state index contributed by atoms with van der Waals surface area (Å²) in [6.45, 7) is 1.10. The van der Waals surface area contributed by atoms with Crippen LogP contribution in [0.4, 0.5) is 4.79 Å². The van der Waals surface area contributed by atoms with Crippen LogP contribution in [0.5, 0.6) is 0 Å². The minimum absolute atomic E-state index is 0.0623. The maximum Gasteiger partial charge on any atom is 0.315 e. The first-order valence-electron chi connectivity index (χ1n) is 9.86. The number of aliphatic hydroxyl groups excluding tert-OH is 1. The van der Waals surface area contributed by atoms with E-state index in [1.54, 1.807) is 0 Å². The van der Waals surface area contributed by atoms with Crippen LogP contribution in [0.25, 0.3) is 0 Å². The van der Waals surface area contributed by atoms with Crippen molar-refractivity contribution in [3.63, 3.8) is 0 Å². The largest absolute Gasteiger partial charge is 0.396 e. The second-order valence-electron chi connectivity index (χ2n) is 8.42. The highest BCUT2D eigenvalue weighted by Gasteiger charge is 2.51. The van der Waals surface area contributed by atoms with Gasteiger partial charge in [0.1, 0.15) is 0 Å². The molecule has 4 saturated carbocycles. The predicted octanol–water partition coefficient (Wildman–Crippen LogP) is 3.59. The van der Waals surface area contributed by atoms with E-state index < -0.39 is 0 Å². The number of unbranched alkanes of at least 4 members (excludes halogenated alkanes) is 5. The van der Waals surface area contributed by atoms with E-state index in [9.17, 15) is 4.79 Å². The van der Waals surface area contributed by atoms with Crippen LogP contribution in [-0.4, -0.2) is 29.8 Å². The molecule has 0 saturated heterocycles. The summed E-state index contributed by atoms with van der Waals surface area (Å²) in [6, 6.07) is 0.0623. The molecular formula is C19H34N2O2. The van der Waals surface area contributed by atoms with Gasteiger partial charge in [-0.05, 0) is 69.1 Å². The number of aliphatic hydroxyl groups is 1. The summed E-state index contributed by atoms with van der Waals surface area (Å²) in [6.07, 6.45) is 14.6. The minimum atomic E-state index is 0.0623. The molecule has 0 atom stereocenters. The van der Waals surface area contributed by atoms with Crippen LogP contribution in [0.2, 0.25) is 0 Å². The molecule has 0 spiro atoms. The van der Waals surface area contributed by atoms with E-state index >= 15 is 0 Å². The molecule has 132 valence electrons. The summed E-state index contributed by atoms with van der Waals surface area (Å²) < 4.78 is 0. The first kappa shape index (κ1) is 17.1. The second kappa shape index (κ2) is 7.87. The lowest BCUT2D eigenvalue weighted by molar-refractivity contribution is -0.0135. The molecule has 2 amide bonds. The normalized spacial score (nSPS) is 34.6.